The zero-order valence-corrected chi connectivity index (χ0v) is 12.8. The summed E-state index contributed by atoms with van der Waals surface area (Å²) in [6, 6.07) is 8.14. The summed E-state index contributed by atoms with van der Waals surface area (Å²) in [5.41, 5.74) is 1.12. The highest BCUT2D eigenvalue weighted by molar-refractivity contribution is 7.99. The Kier molecular flexibility index (Phi) is 5.88. The summed E-state index contributed by atoms with van der Waals surface area (Å²) < 4.78 is 5.31. The molecule has 1 fully saturated rings. The lowest BCUT2D eigenvalue weighted by Gasteiger charge is -2.25. The molecule has 0 spiro atoms. The van der Waals surface area contributed by atoms with Gasteiger partial charge < -0.3 is 15.4 Å². The number of morpholine rings is 1. The van der Waals surface area contributed by atoms with Crippen LogP contribution in [0.1, 0.15) is 25.5 Å². The Morgan fingerprint density at radius 1 is 1.50 bits per heavy atom. The van der Waals surface area contributed by atoms with E-state index in [1.165, 1.54) is 4.90 Å². The van der Waals surface area contributed by atoms with E-state index in [1.807, 2.05) is 18.7 Å². The van der Waals surface area contributed by atoms with Crippen molar-refractivity contribution in [2.24, 2.45) is 0 Å². The van der Waals surface area contributed by atoms with Gasteiger partial charge in [-0.25, -0.2) is 0 Å². The number of hydrogen-bond donors (Lipinski definition) is 2. The molecule has 1 aliphatic heterocycles. The SMILES string of the molecule is CCSc1ccc([C@H](C)NC(=O)[C@@H]2COCCN2)cc1. The van der Waals surface area contributed by atoms with Gasteiger partial charge in [-0.3, -0.25) is 4.79 Å². The van der Waals surface area contributed by atoms with E-state index in [4.69, 9.17) is 4.74 Å². The quantitative estimate of drug-likeness (QED) is 0.815. The lowest BCUT2D eigenvalue weighted by Crippen LogP contribution is -2.51. The number of carbonyl (C=O) groups is 1. The van der Waals surface area contributed by atoms with Crippen LogP contribution in [0.4, 0.5) is 0 Å². The number of nitrogens with one attached hydrogen (secondary N) is 2. The minimum absolute atomic E-state index is 0.00390. The molecule has 1 aliphatic rings. The molecule has 1 heterocycles. The van der Waals surface area contributed by atoms with E-state index in [2.05, 4.69) is 41.8 Å². The van der Waals surface area contributed by atoms with Crippen molar-refractivity contribution in [2.75, 3.05) is 25.5 Å². The molecule has 1 aromatic rings. The lowest BCUT2D eigenvalue weighted by molar-refractivity contribution is -0.126. The molecule has 2 N–H and O–H groups in total. The van der Waals surface area contributed by atoms with Crippen LogP contribution in [0.2, 0.25) is 0 Å². The van der Waals surface area contributed by atoms with Crippen molar-refractivity contribution in [3.63, 3.8) is 0 Å². The zero-order chi connectivity index (χ0) is 14.4. The Morgan fingerprint density at radius 2 is 2.25 bits per heavy atom. The Labute approximate surface area is 124 Å². The first kappa shape index (κ1) is 15.4. The molecule has 0 unspecified atom stereocenters. The maximum atomic E-state index is 12.1. The van der Waals surface area contributed by atoms with Crippen molar-refractivity contribution in [3.8, 4) is 0 Å². The summed E-state index contributed by atoms with van der Waals surface area (Å²) >= 11 is 1.82. The third-order valence-corrected chi connectivity index (χ3v) is 4.18. The topological polar surface area (TPSA) is 50.4 Å². The number of ether oxygens (including phenoxy) is 1. The first-order chi connectivity index (χ1) is 9.70. The second-order valence-corrected chi connectivity index (χ2v) is 6.15. The van der Waals surface area contributed by atoms with Crippen molar-refractivity contribution in [3.05, 3.63) is 29.8 Å². The van der Waals surface area contributed by atoms with E-state index in [-0.39, 0.29) is 18.0 Å². The van der Waals surface area contributed by atoms with Crippen LogP contribution in [0.3, 0.4) is 0 Å². The fourth-order valence-electron chi connectivity index (χ4n) is 2.15. The number of amides is 1. The van der Waals surface area contributed by atoms with Crippen LogP contribution in [0, 0.1) is 0 Å². The summed E-state index contributed by atoms with van der Waals surface area (Å²) in [5.74, 6) is 1.07. The normalized spacial score (nSPS) is 20.4. The van der Waals surface area contributed by atoms with E-state index in [0.29, 0.717) is 13.2 Å². The fourth-order valence-corrected chi connectivity index (χ4v) is 2.81. The predicted octanol–water partition coefficient (Wildman–Crippen LogP) is 1.96. The highest BCUT2D eigenvalue weighted by Gasteiger charge is 2.22. The van der Waals surface area contributed by atoms with Crippen molar-refractivity contribution in [1.29, 1.82) is 0 Å². The van der Waals surface area contributed by atoms with Gasteiger partial charge in [-0.2, -0.15) is 0 Å². The highest BCUT2D eigenvalue weighted by atomic mass is 32.2. The van der Waals surface area contributed by atoms with Gasteiger partial charge in [-0.05, 0) is 30.4 Å². The van der Waals surface area contributed by atoms with E-state index < -0.39 is 0 Å². The standard InChI is InChI=1S/C15H22N2O2S/c1-3-20-13-6-4-12(5-7-13)11(2)17-15(18)14-10-19-9-8-16-14/h4-7,11,14,16H,3,8-10H2,1-2H3,(H,17,18)/t11-,14-/m0/s1. The fraction of sp³-hybridized carbons (Fsp3) is 0.533. The number of thioether (sulfide) groups is 1. The van der Waals surface area contributed by atoms with Gasteiger partial charge in [0.1, 0.15) is 6.04 Å². The van der Waals surface area contributed by atoms with Crippen LogP contribution in [0.5, 0.6) is 0 Å². The Balaban J connectivity index is 1.89. The van der Waals surface area contributed by atoms with Gasteiger partial charge in [0.05, 0.1) is 19.3 Å². The molecule has 2 atom stereocenters. The average Bonchev–Trinajstić information content (AvgIpc) is 2.49. The van der Waals surface area contributed by atoms with Crippen molar-refractivity contribution < 1.29 is 9.53 Å². The third-order valence-electron chi connectivity index (χ3n) is 3.29. The molecule has 5 heteroatoms. The van der Waals surface area contributed by atoms with E-state index in [0.717, 1.165) is 17.9 Å². The van der Waals surface area contributed by atoms with E-state index in [1.54, 1.807) is 0 Å². The zero-order valence-electron chi connectivity index (χ0n) is 12.0. The van der Waals surface area contributed by atoms with Gasteiger partial charge in [-0.1, -0.05) is 19.1 Å². The Hall–Kier alpha value is -1.04. The predicted molar refractivity (Wildman–Crippen MR) is 82.0 cm³/mol. The van der Waals surface area contributed by atoms with Gasteiger partial charge in [0.2, 0.25) is 5.91 Å². The number of hydrogen-bond acceptors (Lipinski definition) is 4. The Morgan fingerprint density at radius 3 is 2.85 bits per heavy atom. The highest BCUT2D eigenvalue weighted by Crippen LogP contribution is 2.20. The van der Waals surface area contributed by atoms with Gasteiger partial charge in [0, 0.05) is 11.4 Å². The summed E-state index contributed by atoms with van der Waals surface area (Å²) in [7, 11) is 0. The third kappa shape index (κ3) is 4.23. The van der Waals surface area contributed by atoms with Crippen LogP contribution >= 0.6 is 11.8 Å². The molecule has 0 radical (unpaired) electrons. The molecular formula is C15H22N2O2S. The van der Waals surface area contributed by atoms with Gasteiger partial charge in [0.25, 0.3) is 0 Å². The van der Waals surface area contributed by atoms with Gasteiger partial charge >= 0.3 is 0 Å². The smallest absolute Gasteiger partial charge is 0.240 e. The maximum absolute atomic E-state index is 12.1. The molecule has 0 aromatic heterocycles. The summed E-state index contributed by atoms with van der Waals surface area (Å²) in [6.07, 6.45) is 0. The average molecular weight is 294 g/mol. The first-order valence-electron chi connectivity index (χ1n) is 7.05. The second-order valence-electron chi connectivity index (χ2n) is 4.81. The van der Waals surface area contributed by atoms with Crippen molar-refractivity contribution in [2.45, 2.75) is 30.8 Å². The summed E-state index contributed by atoms with van der Waals surface area (Å²) in [4.78, 5) is 13.4. The van der Waals surface area contributed by atoms with Crippen LogP contribution in [-0.4, -0.2) is 37.5 Å². The van der Waals surface area contributed by atoms with Crippen LogP contribution in [-0.2, 0) is 9.53 Å². The Bertz CT molecular complexity index is 430. The van der Waals surface area contributed by atoms with E-state index in [9.17, 15) is 4.79 Å². The molecule has 1 amide bonds. The molecule has 2 rings (SSSR count). The molecule has 0 aliphatic carbocycles. The van der Waals surface area contributed by atoms with Crippen molar-refractivity contribution in [1.82, 2.24) is 10.6 Å². The molecule has 110 valence electrons. The van der Waals surface area contributed by atoms with Crippen LogP contribution < -0.4 is 10.6 Å². The van der Waals surface area contributed by atoms with Gasteiger partial charge in [-0.15, -0.1) is 11.8 Å². The van der Waals surface area contributed by atoms with Crippen molar-refractivity contribution >= 4 is 17.7 Å². The molecule has 1 aromatic carbocycles. The molecule has 0 saturated carbocycles. The molecule has 0 bridgehead atoms. The van der Waals surface area contributed by atoms with Crippen LogP contribution in [0.15, 0.2) is 29.2 Å². The lowest BCUT2D eigenvalue weighted by atomic mass is 10.1. The number of rotatable bonds is 5. The maximum Gasteiger partial charge on any atom is 0.240 e. The molecule has 20 heavy (non-hydrogen) atoms. The largest absolute Gasteiger partial charge is 0.378 e. The summed E-state index contributed by atoms with van der Waals surface area (Å²) in [6.45, 7) is 6.00. The van der Waals surface area contributed by atoms with E-state index >= 15 is 0 Å². The monoisotopic (exact) mass is 294 g/mol. The minimum Gasteiger partial charge on any atom is -0.378 e. The molecule has 4 nitrogen and oxygen atoms in total. The van der Waals surface area contributed by atoms with Crippen LogP contribution in [0.25, 0.3) is 0 Å². The second kappa shape index (κ2) is 7.67. The summed E-state index contributed by atoms with van der Waals surface area (Å²) in [5, 5.41) is 6.19. The minimum atomic E-state index is -0.235. The number of carbonyl (C=O) groups excluding carboxylic acids is 1. The van der Waals surface area contributed by atoms with Gasteiger partial charge in [0.15, 0.2) is 0 Å². The molecule has 1 saturated heterocycles. The number of benzene rings is 1. The molecular weight excluding hydrogens is 272 g/mol. The first-order valence-corrected chi connectivity index (χ1v) is 8.03.